The summed E-state index contributed by atoms with van der Waals surface area (Å²) in [5.41, 5.74) is 1.26. The van der Waals surface area contributed by atoms with Gasteiger partial charge in [-0.05, 0) is 58.0 Å². The van der Waals surface area contributed by atoms with Crippen LogP contribution in [0.25, 0.3) is 0 Å². The van der Waals surface area contributed by atoms with E-state index in [1.165, 1.54) is 18.7 Å². The second-order valence-corrected chi connectivity index (χ2v) is 6.82. The summed E-state index contributed by atoms with van der Waals surface area (Å²) in [6.45, 7) is 12.1. The summed E-state index contributed by atoms with van der Waals surface area (Å²) in [4.78, 5) is 9.11. The Hall–Kier alpha value is -1.02. The Kier molecular flexibility index (Phi) is 15.4. The van der Waals surface area contributed by atoms with Gasteiger partial charge in [0.1, 0.15) is 0 Å². The van der Waals surface area contributed by atoms with Crippen molar-refractivity contribution in [2.24, 2.45) is 4.99 Å². The second kappa shape index (κ2) is 16.0. The maximum atomic E-state index is 4.35. The number of benzene rings is 1. The quantitative estimate of drug-likeness (QED) is 0.203. The first-order valence-electron chi connectivity index (χ1n) is 10.1. The highest BCUT2D eigenvalue weighted by Crippen LogP contribution is 2.10. The van der Waals surface area contributed by atoms with Gasteiger partial charge in [-0.15, -0.1) is 24.0 Å². The molecule has 0 aliphatic rings. The molecule has 1 atom stereocenters. The van der Waals surface area contributed by atoms with Crippen LogP contribution in [0, 0.1) is 0 Å². The summed E-state index contributed by atoms with van der Waals surface area (Å²) in [6, 6.07) is 10.9. The third-order valence-corrected chi connectivity index (χ3v) is 4.77. The fraction of sp³-hybridized carbons (Fsp3) is 0.667. The minimum absolute atomic E-state index is 0. The zero-order valence-corrected chi connectivity index (χ0v) is 20.2. The number of para-hydroxylation sites is 1. The molecule has 0 fully saturated rings. The molecule has 156 valence electrons. The van der Waals surface area contributed by atoms with Gasteiger partial charge in [-0.25, -0.2) is 0 Å². The van der Waals surface area contributed by atoms with Gasteiger partial charge in [0.25, 0.3) is 0 Å². The largest absolute Gasteiger partial charge is 0.375 e. The van der Waals surface area contributed by atoms with E-state index in [2.05, 4.69) is 83.6 Å². The van der Waals surface area contributed by atoms with Gasteiger partial charge < -0.3 is 20.4 Å². The van der Waals surface area contributed by atoms with E-state index in [-0.39, 0.29) is 24.0 Å². The summed E-state index contributed by atoms with van der Waals surface area (Å²) in [7, 11) is 3.98. The number of hydrogen-bond donors (Lipinski definition) is 2. The van der Waals surface area contributed by atoms with Gasteiger partial charge in [0.05, 0.1) is 0 Å². The maximum Gasteiger partial charge on any atom is 0.191 e. The van der Waals surface area contributed by atoms with Gasteiger partial charge >= 0.3 is 0 Å². The predicted octanol–water partition coefficient (Wildman–Crippen LogP) is 3.81. The highest BCUT2D eigenvalue weighted by Gasteiger charge is 2.06. The molecule has 0 saturated heterocycles. The molecule has 1 aromatic rings. The number of nitrogens with zero attached hydrogens (tertiary/aromatic N) is 3. The van der Waals surface area contributed by atoms with Gasteiger partial charge in [0.15, 0.2) is 5.96 Å². The van der Waals surface area contributed by atoms with Gasteiger partial charge in [-0.2, -0.15) is 0 Å². The Balaban J connectivity index is 0.00000676. The topological polar surface area (TPSA) is 42.9 Å². The number of halogens is 1. The van der Waals surface area contributed by atoms with Crippen molar-refractivity contribution in [1.29, 1.82) is 0 Å². The van der Waals surface area contributed by atoms with Crippen molar-refractivity contribution in [3.8, 4) is 0 Å². The van der Waals surface area contributed by atoms with Crippen molar-refractivity contribution >= 4 is 35.6 Å². The van der Waals surface area contributed by atoms with E-state index in [9.17, 15) is 0 Å². The molecule has 0 amide bonds. The van der Waals surface area contributed by atoms with Gasteiger partial charge in [0.2, 0.25) is 0 Å². The number of nitrogens with one attached hydrogen (secondary N) is 2. The van der Waals surface area contributed by atoms with E-state index < -0.39 is 0 Å². The molecule has 0 aliphatic carbocycles. The Bertz CT molecular complexity index is 491. The molecular formula is C21H40IN5. The van der Waals surface area contributed by atoms with E-state index >= 15 is 0 Å². The monoisotopic (exact) mass is 489 g/mol. The van der Waals surface area contributed by atoms with Gasteiger partial charge in [-0.3, -0.25) is 4.99 Å². The third kappa shape index (κ3) is 11.4. The van der Waals surface area contributed by atoms with Crippen LogP contribution in [0.2, 0.25) is 0 Å². The lowest BCUT2D eigenvalue weighted by atomic mass is 10.2. The number of anilines is 1. The molecular weight excluding hydrogens is 449 g/mol. The Morgan fingerprint density at radius 1 is 1.07 bits per heavy atom. The molecule has 1 rings (SSSR count). The highest BCUT2D eigenvalue weighted by molar-refractivity contribution is 14.0. The molecule has 27 heavy (non-hydrogen) atoms. The predicted molar refractivity (Wildman–Crippen MR) is 131 cm³/mol. The van der Waals surface area contributed by atoms with Crippen LogP contribution in [-0.4, -0.2) is 63.7 Å². The van der Waals surface area contributed by atoms with Gasteiger partial charge in [-0.1, -0.05) is 32.0 Å². The molecule has 0 heterocycles. The number of guanidine groups is 1. The molecule has 6 heteroatoms. The lowest BCUT2D eigenvalue weighted by Gasteiger charge is -2.22. The van der Waals surface area contributed by atoms with Crippen molar-refractivity contribution in [3.05, 3.63) is 30.3 Å². The van der Waals surface area contributed by atoms with Gasteiger partial charge in [0, 0.05) is 38.9 Å². The third-order valence-electron chi connectivity index (χ3n) is 4.77. The van der Waals surface area contributed by atoms with Crippen LogP contribution in [0.4, 0.5) is 5.69 Å². The van der Waals surface area contributed by atoms with Crippen molar-refractivity contribution in [3.63, 3.8) is 0 Å². The summed E-state index contributed by atoms with van der Waals surface area (Å²) < 4.78 is 0. The van der Waals surface area contributed by atoms with Crippen molar-refractivity contribution in [1.82, 2.24) is 15.5 Å². The first kappa shape index (κ1) is 26.0. The average molecular weight is 489 g/mol. The Morgan fingerprint density at radius 2 is 1.74 bits per heavy atom. The Labute approximate surface area is 184 Å². The van der Waals surface area contributed by atoms with Crippen molar-refractivity contribution in [2.45, 2.75) is 46.1 Å². The van der Waals surface area contributed by atoms with Crippen LogP contribution in [0.5, 0.6) is 0 Å². The minimum atomic E-state index is 0. The molecule has 2 N–H and O–H groups in total. The van der Waals surface area contributed by atoms with Crippen LogP contribution in [0.15, 0.2) is 35.3 Å². The first-order valence-corrected chi connectivity index (χ1v) is 10.1. The molecule has 0 spiro atoms. The van der Waals surface area contributed by atoms with Crippen LogP contribution in [-0.2, 0) is 0 Å². The fourth-order valence-corrected chi connectivity index (χ4v) is 3.00. The maximum absolute atomic E-state index is 4.35. The van der Waals surface area contributed by atoms with Crippen LogP contribution < -0.4 is 15.5 Å². The normalized spacial score (nSPS) is 12.4. The molecule has 0 aromatic heterocycles. The van der Waals surface area contributed by atoms with Crippen molar-refractivity contribution in [2.75, 3.05) is 51.7 Å². The van der Waals surface area contributed by atoms with Crippen LogP contribution in [0.1, 0.15) is 40.0 Å². The van der Waals surface area contributed by atoms with E-state index in [1.807, 2.05) is 7.05 Å². The Morgan fingerprint density at radius 3 is 2.33 bits per heavy atom. The fourth-order valence-electron chi connectivity index (χ4n) is 3.00. The molecule has 0 saturated carbocycles. The number of rotatable bonds is 12. The van der Waals surface area contributed by atoms with E-state index in [4.69, 9.17) is 0 Å². The first-order chi connectivity index (χ1) is 12.6. The molecule has 1 aromatic carbocycles. The highest BCUT2D eigenvalue weighted by atomic mass is 127. The lowest BCUT2D eigenvalue weighted by molar-refractivity contribution is 0.292. The summed E-state index contributed by atoms with van der Waals surface area (Å²) in [6.07, 6.45) is 3.45. The van der Waals surface area contributed by atoms with Crippen LogP contribution in [0.3, 0.4) is 0 Å². The summed E-state index contributed by atoms with van der Waals surface area (Å²) in [5.74, 6) is 0.905. The zero-order chi connectivity index (χ0) is 19.2. The summed E-state index contributed by atoms with van der Waals surface area (Å²) >= 11 is 0. The molecule has 5 nitrogen and oxygen atoms in total. The van der Waals surface area contributed by atoms with E-state index in [1.54, 1.807) is 0 Å². The lowest BCUT2D eigenvalue weighted by Crippen LogP contribution is -2.43. The minimum Gasteiger partial charge on any atom is -0.375 e. The zero-order valence-electron chi connectivity index (χ0n) is 17.9. The SMILES string of the molecule is CCN(CC)CCCC(C)NC(=NC)NCCCN(C)c1ccccc1.I. The molecule has 0 radical (unpaired) electrons. The molecule has 0 bridgehead atoms. The average Bonchev–Trinajstić information content (AvgIpc) is 2.68. The number of aliphatic imine (C=N–C) groups is 1. The summed E-state index contributed by atoms with van der Waals surface area (Å²) in [5, 5.41) is 6.93. The van der Waals surface area contributed by atoms with Crippen molar-refractivity contribution < 1.29 is 0 Å². The van der Waals surface area contributed by atoms with Crippen LogP contribution >= 0.6 is 24.0 Å². The smallest absolute Gasteiger partial charge is 0.191 e. The molecule has 0 aliphatic heterocycles. The second-order valence-electron chi connectivity index (χ2n) is 6.82. The van der Waals surface area contributed by atoms with E-state index in [0.717, 1.165) is 45.0 Å². The van der Waals surface area contributed by atoms with E-state index in [0.29, 0.717) is 6.04 Å². The number of hydrogen-bond acceptors (Lipinski definition) is 3. The molecule has 1 unspecified atom stereocenters. The standard InChI is InChI=1S/C21H39N5.HI/c1-6-26(7-2)18-11-13-19(3)24-21(22-4)23-16-12-17-25(5)20-14-9-8-10-15-20;/h8-10,14-15,19H,6-7,11-13,16-18H2,1-5H3,(H2,22,23,24);1H.